The van der Waals surface area contributed by atoms with Crippen molar-refractivity contribution in [3.05, 3.63) is 34.6 Å². The van der Waals surface area contributed by atoms with E-state index in [-0.39, 0.29) is 0 Å². The summed E-state index contributed by atoms with van der Waals surface area (Å²) >= 11 is 0.503. The Bertz CT molecular complexity index is 226. The normalized spacial score (nSPS) is 9.20. The molecule has 0 spiro atoms. The topological polar surface area (TPSA) is 56.0 Å². The summed E-state index contributed by atoms with van der Waals surface area (Å²) in [5.41, 5.74) is 0. The minimum Gasteiger partial charge on any atom is -0.253 e. The van der Waals surface area contributed by atoms with Crippen LogP contribution in [0.4, 0.5) is 0 Å². The largest absolute Gasteiger partial charge is 0.268 e. The third-order valence-electron chi connectivity index (χ3n) is 0.756. The van der Waals surface area contributed by atoms with Gasteiger partial charge in [-0.05, 0) is 12.1 Å². The SMILES string of the molecule is O=[N+]([O-])Sc1[c]nccc1. The van der Waals surface area contributed by atoms with Gasteiger partial charge in [-0.1, -0.05) is 0 Å². The van der Waals surface area contributed by atoms with Crippen LogP contribution >= 0.6 is 11.9 Å². The molecule has 0 aromatic carbocycles. The molecular weight excluding hydrogens is 152 g/mol. The van der Waals surface area contributed by atoms with Gasteiger partial charge in [0.25, 0.3) is 11.9 Å². The summed E-state index contributed by atoms with van der Waals surface area (Å²) in [6, 6.07) is 3.21. The lowest BCUT2D eigenvalue weighted by molar-refractivity contribution is -0.284. The molecule has 1 radical (unpaired) electrons. The molecule has 0 aliphatic rings. The summed E-state index contributed by atoms with van der Waals surface area (Å²) in [6.45, 7) is 0. The standard InChI is InChI=1S/C5H3N2O2S/c8-7(9)10-5-2-1-3-6-4-5/h1-3H. The van der Waals surface area contributed by atoms with Crippen molar-refractivity contribution in [1.82, 2.24) is 4.98 Å². The van der Waals surface area contributed by atoms with E-state index in [1.807, 2.05) is 0 Å². The molecular formula is C5H3N2O2S. The molecule has 10 heavy (non-hydrogen) atoms. The number of pyridine rings is 1. The van der Waals surface area contributed by atoms with Crippen LogP contribution in [0, 0.1) is 16.3 Å². The summed E-state index contributed by atoms with van der Waals surface area (Å²) in [6.07, 6.45) is 3.99. The quantitative estimate of drug-likeness (QED) is 0.365. The van der Waals surface area contributed by atoms with Gasteiger partial charge in [0.05, 0.1) is 0 Å². The van der Waals surface area contributed by atoms with Crippen LogP contribution in [0.3, 0.4) is 0 Å². The smallest absolute Gasteiger partial charge is 0.253 e. The van der Waals surface area contributed by atoms with Crippen molar-refractivity contribution in [2.24, 2.45) is 0 Å². The van der Waals surface area contributed by atoms with Gasteiger partial charge in [-0.2, -0.15) is 0 Å². The highest BCUT2D eigenvalue weighted by molar-refractivity contribution is 7.93. The molecule has 0 bridgehead atoms. The van der Waals surface area contributed by atoms with Crippen molar-refractivity contribution < 1.29 is 4.33 Å². The molecule has 51 valence electrons. The number of hydrogen-bond acceptors (Lipinski definition) is 4. The first kappa shape index (κ1) is 7.01. The third-order valence-corrected chi connectivity index (χ3v) is 1.33. The van der Waals surface area contributed by atoms with Gasteiger partial charge in [-0.3, -0.25) is 15.1 Å². The van der Waals surface area contributed by atoms with E-state index in [2.05, 4.69) is 11.2 Å². The Morgan fingerprint density at radius 2 is 2.60 bits per heavy atom. The molecule has 0 aliphatic carbocycles. The van der Waals surface area contributed by atoms with Crippen molar-refractivity contribution >= 4 is 11.9 Å². The van der Waals surface area contributed by atoms with Gasteiger partial charge in [0, 0.05) is 6.20 Å². The first-order valence-corrected chi connectivity index (χ1v) is 3.21. The van der Waals surface area contributed by atoms with Crippen LogP contribution < -0.4 is 0 Å². The highest BCUT2D eigenvalue weighted by Gasteiger charge is 2.03. The number of rotatable bonds is 2. The van der Waals surface area contributed by atoms with Crippen LogP contribution in [0.2, 0.25) is 0 Å². The van der Waals surface area contributed by atoms with E-state index >= 15 is 0 Å². The molecule has 5 heteroatoms. The Morgan fingerprint density at radius 3 is 3.10 bits per heavy atom. The van der Waals surface area contributed by atoms with Gasteiger partial charge in [0.15, 0.2) is 0 Å². The zero-order valence-corrected chi connectivity index (χ0v) is 5.67. The lowest BCUT2D eigenvalue weighted by atomic mass is 10.5. The minimum atomic E-state index is -0.493. The second kappa shape index (κ2) is 3.17. The van der Waals surface area contributed by atoms with Gasteiger partial charge in [0.2, 0.25) is 0 Å². The highest BCUT2D eigenvalue weighted by Crippen LogP contribution is 2.14. The molecule has 1 aromatic rings. The summed E-state index contributed by atoms with van der Waals surface area (Å²) in [7, 11) is 0. The maximum atomic E-state index is 9.89. The summed E-state index contributed by atoms with van der Waals surface area (Å²) < 4.78 is -0.493. The fourth-order valence-electron chi connectivity index (χ4n) is 0.443. The molecule has 0 unspecified atom stereocenters. The van der Waals surface area contributed by atoms with E-state index in [1.165, 1.54) is 6.20 Å². The van der Waals surface area contributed by atoms with E-state index in [0.717, 1.165) is 0 Å². The Morgan fingerprint density at radius 1 is 1.80 bits per heavy atom. The Labute approximate surface area is 61.6 Å². The molecule has 4 nitrogen and oxygen atoms in total. The Kier molecular flexibility index (Phi) is 2.22. The molecule has 0 amide bonds. The fraction of sp³-hybridized carbons (Fsp3) is 0. The molecule has 1 aromatic heterocycles. The van der Waals surface area contributed by atoms with E-state index in [9.17, 15) is 10.1 Å². The highest BCUT2D eigenvalue weighted by atomic mass is 32.2. The number of hydrogen-bond donors (Lipinski definition) is 0. The van der Waals surface area contributed by atoms with Gasteiger partial charge < -0.3 is 0 Å². The average Bonchev–Trinajstić information content (AvgIpc) is 1.88. The third kappa shape index (κ3) is 2.02. The first-order chi connectivity index (χ1) is 4.79. The average molecular weight is 155 g/mol. The minimum absolute atomic E-state index is 0.424. The summed E-state index contributed by atoms with van der Waals surface area (Å²) in [5, 5.41) is 9.89. The lowest BCUT2D eigenvalue weighted by Gasteiger charge is -1.85. The Hall–Kier alpha value is -1.10. The van der Waals surface area contributed by atoms with Crippen molar-refractivity contribution in [2.75, 3.05) is 0 Å². The summed E-state index contributed by atoms with van der Waals surface area (Å²) in [5.74, 6) is 0. The molecule has 0 atom stereocenters. The molecule has 0 N–H and O–H groups in total. The van der Waals surface area contributed by atoms with Gasteiger partial charge in [-0.15, -0.1) is 0 Å². The molecule has 0 fully saturated rings. The van der Waals surface area contributed by atoms with Gasteiger partial charge >= 0.3 is 0 Å². The summed E-state index contributed by atoms with van der Waals surface area (Å²) in [4.78, 5) is 13.9. The zero-order chi connectivity index (χ0) is 7.40. The van der Waals surface area contributed by atoms with Gasteiger partial charge in [-0.25, -0.2) is 0 Å². The van der Waals surface area contributed by atoms with E-state index in [1.54, 1.807) is 12.1 Å². The molecule has 0 aliphatic heterocycles. The second-order valence-corrected chi connectivity index (χ2v) is 2.35. The van der Waals surface area contributed by atoms with Gasteiger partial charge in [0.1, 0.15) is 15.4 Å². The van der Waals surface area contributed by atoms with Crippen LogP contribution in [0.25, 0.3) is 0 Å². The van der Waals surface area contributed by atoms with Crippen molar-refractivity contribution in [3.8, 4) is 0 Å². The van der Waals surface area contributed by atoms with Crippen LogP contribution in [-0.4, -0.2) is 9.31 Å². The van der Waals surface area contributed by atoms with Crippen LogP contribution in [0.1, 0.15) is 0 Å². The van der Waals surface area contributed by atoms with E-state index in [0.29, 0.717) is 16.8 Å². The zero-order valence-electron chi connectivity index (χ0n) is 4.85. The predicted molar refractivity (Wildman–Crippen MR) is 35.9 cm³/mol. The van der Waals surface area contributed by atoms with E-state index in [4.69, 9.17) is 0 Å². The van der Waals surface area contributed by atoms with Crippen LogP contribution in [-0.2, 0) is 0 Å². The van der Waals surface area contributed by atoms with Crippen LogP contribution in [0.15, 0.2) is 23.2 Å². The van der Waals surface area contributed by atoms with Crippen molar-refractivity contribution in [2.45, 2.75) is 4.90 Å². The second-order valence-electron chi connectivity index (χ2n) is 1.43. The van der Waals surface area contributed by atoms with E-state index < -0.39 is 4.33 Å². The molecule has 1 rings (SSSR count). The fourth-order valence-corrected chi connectivity index (χ4v) is 0.836. The number of nitrogens with zero attached hydrogens (tertiary/aromatic N) is 2. The number of nitro groups is 1. The lowest BCUT2D eigenvalue weighted by Crippen LogP contribution is -1.83. The monoisotopic (exact) mass is 155 g/mol. The van der Waals surface area contributed by atoms with Crippen LogP contribution in [0.5, 0.6) is 0 Å². The molecule has 1 heterocycles. The molecule has 0 saturated heterocycles. The van der Waals surface area contributed by atoms with Crippen molar-refractivity contribution in [3.63, 3.8) is 0 Å². The Balaban J connectivity index is 2.67. The first-order valence-electron chi connectivity index (χ1n) is 2.44. The van der Waals surface area contributed by atoms with Crippen molar-refractivity contribution in [1.29, 1.82) is 0 Å². The number of aromatic nitrogens is 1. The molecule has 0 saturated carbocycles. The predicted octanol–water partition coefficient (Wildman–Crippen LogP) is 1.17. The maximum Gasteiger partial charge on any atom is 0.268 e. The maximum absolute atomic E-state index is 9.89.